The third-order valence-corrected chi connectivity index (χ3v) is 4.22. The molecule has 17 heavy (non-hydrogen) atoms. The lowest BCUT2D eigenvalue weighted by molar-refractivity contribution is 1.01. The van der Waals surface area contributed by atoms with Crippen molar-refractivity contribution in [2.24, 2.45) is 0 Å². The summed E-state index contributed by atoms with van der Waals surface area (Å²) in [7, 11) is 0. The maximum Gasteiger partial charge on any atom is 0.161 e. The Morgan fingerprint density at radius 2 is 1.88 bits per heavy atom. The van der Waals surface area contributed by atoms with Crippen molar-refractivity contribution in [3.8, 4) is 11.4 Å². The molecular weight excluding hydrogens is 346 g/mol. The second-order valence-electron chi connectivity index (χ2n) is 3.59. The summed E-state index contributed by atoms with van der Waals surface area (Å²) >= 11 is 6.90. The molecule has 88 valence electrons. The van der Waals surface area contributed by atoms with E-state index in [-0.39, 0.29) is 0 Å². The van der Waals surface area contributed by atoms with Crippen molar-refractivity contribution in [1.82, 2.24) is 9.97 Å². The fourth-order valence-corrected chi connectivity index (χ4v) is 2.09. The molecule has 0 aliphatic heterocycles. The number of benzene rings is 1. The summed E-state index contributed by atoms with van der Waals surface area (Å²) in [5, 5.41) is 0. The van der Waals surface area contributed by atoms with Gasteiger partial charge in [-0.1, -0.05) is 6.92 Å². The molecule has 0 radical (unpaired) electrons. The number of nitrogen functional groups attached to an aromatic ring is 1. The fourth-order valence-electron chi connectivity index (χ4n) is 1.46. The number of aryl methyl sites for hydroxylation is 1. The first kappa shape index (κ1) is 12.5. The number of aromatic nitrogens is 2. The van der Waals surface area contributed by atoms with E-state index in [4.69, 9.17) is 5.73 Å². The lowest BCUT2D eigenvalue weighted by Gasteiger charge is -2.05. The standard InChI is InChI=1S/C12H11Br2N3/c1-2-8-6-11(15)17-12(16-8)7-3-4-9(13)10(14)5-7/h3-6H,2H2,1H3,(H2,15,16,17). The van der Waals surface area contributed by atoms with Crippen molar-refractivity contribution >= 4 is 37.7 Å². The predicted molar refractivity (Wildman–Crippen MR) is 76.7 cm³/mol. The number of hydrogen-bond donors (Lipinski definition) is 1. The Kier molecular flexibility index (Phi) is 3.79. The monoisotopic (exact) mass is 355 g/mol. The Labute approximate surface area is 117 Å². The SMILES string of the molecule is CCc1cc(N)nc(-c2ccc(Br)c(Br)c2)n1. The lowest BCUT2D eigenvalue weighted by Crippen LogP contribution is -1.99. The summed E-state index contributed by atoms with van der Waals surface area (Å²) in [6, 6.07) is 7.69. The summed E-state index contributed by atoms with van der Waals surface area (Å²) in [6.07, 6.45) is 0.845. The zero-order chi connectivity index (χ0) is 12.4. The van der Waals surface area contributed by atoms with E-state index in [0.717, 1.165) is 26.6 Å². The van der Waals surface area contributed by atoms with Crippen LogP contribution in [-0.2, 0) is 6.42 Å². The molecule has 0 saturated carbocycles. The van der Waals surface area contributed by atoms with Crippen LogP contribution in [-0.4, -0.2) is 9.97 Å². The lowest BCUT2D eigenvalue weighted by atomic mass is 10.2. The van der Waals surface area contributed by atoms with Crippen molar-refractivity contribution in [2.75, 3.05) is 5.73 Å². The van der Waals surface area contributed by atoms with Gasteiger partial charge < -0.3 is 5.73 Å². The second kappa shape index (κ2) is 5.14. The van der Waals surface area contributed by atoms with Crippen LogP contribution in [0.2, 0.25) is 0 Å². The first-order valence-electron chi connectivity index (χ1n) is 5.19. The Bertz CT molecular complexity index is 555. The molecule has 0 bridgehead atoms. The average Bonchev–Trinajstić information content (AvgIpc) is 2.32. The van der Waals surface area contributed by atoms with Crippen LogP contribution < -0.4 is 5.73 Å². The quantitative estimate of drug-likeness (QED) is 0.889. The third-order valence-electron chi connectivity index (χ3n) is 2.34. The van der Waals surface area contributed by atoms with Gasteiger partial charge in [0.15, 0.2) is 5.82 Å². The molecule has 0 saturated heterocycles. The minimum atomic E-state index is 0.505. The van der Waals surface area contributed by atoms with Gasteiger partial charge in [0.05, 0.1) is 0 Å². The molecule has 1 heterocycles. The number of halogens is 2. The first-order chi connectivity index (χ1) is 8.10. The van der Waals surface area contributed by atoms with Crippen molar-refractivity contribution in [1.29, 1.82) is 0 Å². The summed E-state index contributed by atoms with van der Waals surface area (Å²) in [5.74, 6) is 1.17. The van der Waals surface area contributed by atoms with E-state index in [0.29, 0.717) is 11.6 Å². The topological polar surface area (TPSA) is 51.8 Å². The highest BCUT2D eigenvalue weighted by Crippen LogP contribution is 2.28. The zero-order valence-corrected chi connectivity index (χ0v) is 12.4. The van der Waals surface area contributed by atoms with Crippen molar-refractivity contribution in [3.05, 3.63) is 38.9 Å². The summed E-state index contributed by atoms with van der Waals surface area (Å²) < 4.78 is 1.97. The molecule has 0 aliphatic carbocycles. The maximum absolute atomic E-state index is 5.77. The Morgan fingerprint density at radius 3 is 2.53 bits per heavy atom. The summed E-state index contributed by atoms with van der Waals surface area (Å²) in [6.45, 7) is 2.04. The van der Waals surface area contributed by atoms with Crippen LogP contribution in [0.1, 0.15) is 12.6 Å². The molecule has 2 N–H and O–H groups in total. The van der Waals surface area contributed by atoms with Gasteiger partial charge in [-0.15, -0.1) is 0 Å². The van der Waals surface area contributed by atoms with Crippen LogP contribution in [0.4, 0.5) is 5.82 Å². The average molecular weight is 357 g/mol. The van der Waals surface area contributed by atoms with Gasteiger partial charge in [0, 0.05) is 26.3 Å². The van der Waals surface area contributed by atoms with Crippen molar-refractivity contribution in [2.45, 2.75) is 13.3 Å². The van der Waals surface area contributed by atoms with Crippen molar-refractivity contribution < 1.29 is 0 Å². The van der Waals surface area contributed by atoms with Crippen LogP contribution >= 0.6 is 31.9 Å². The number of hydrogen-bond acceptors (Lipinski definition) is 3. The van der Waals surface area contributed by atoms with Crippen LogP contribution in [0.15, 0.2) is 33.2 Å². The molecule has 0 aliphatic rings. The highest BCUT2D eigenvalue weighted by atomic mass is 79.9. The molecule has 0 unspecified atom stereocenters. The minimum Gasteiger partial charge on any atom is -0.384 e. The van der Waals surface area contributed by atoms with Gasteiger partial charge in [0.2, 0.25) is 0 Å². The molecular formula is C12H11Br2N3. The second-order valence-corrected chi connectivity index (χ2v) is 5.30. The van der Waals surface area contributed by atoms with Crippen LogP contribution in [0.3, 0.4) is 0 Å². The maximum atomic E-state index is 5.77. The number of rotatable bonds is 2. The van der Waals surface area contributed by atoms with Gasteiger partial charge in [0.25, 0.3) is 0 Å². The smallest absolute Gasteiger partial charge is 0.161 e. The number of nitrogens with two attached hydrogens (primary N) is 1. The van der Waals surface area contributed by atoms with E-state index in [2.05, 4.69) is 41.8 Å². The van der Waals surface area contributed by atoms with Gasteiger partial charge >= 0.3 is 0 Å². The molecule has 0 amide bonds. The number of nitrogens with zero attached hydrogens (tertiary/aromatic N) is 2. The van der Waals surface area contributed by atoms with E-state index >= 15 is 0 Å². The normalized spacial score (nSPS) is 10.5. The zero-order valence-electron chi connectivity index (χ0n) is 9.24. The largest absolute Gasteiger partial charge is 0.384 e. The van der Waals surface area contributed by atoms with E-state index in [1.54, 1.807) is 6.07 Å². The van der Waals surface area contributed by atoms with Gasteiger partial charge in [-0.05, 0) is 56.5 Å². The van der Waals surface area contributed by atoms with Gasteiger partial charge in [-0.2, -0.15) is 0 Å². The molecule has 5 heteroatoms. The van der Waals surface area contributed by atoms with Gasteiger partial charge in [0.1, 0.15) is 5.82 Å². The minimum absolute atomic E-state index is 0.505. The van der Waals surface area contributed by atoms with Crippen LogP contribution in [0.5, 0.6) is 0 Å². The summed E-state index contributed by atoms with van der Waals surface area (Å²) in [4.78, 5) is 8.72. The molecule has 3 nitrogen and oxygen atoms in total. The van der Waals surface area contributed by atoms with Gasteiger partial charge in [-0.3, -0.25) is 0 Å². The third kappa shape index (κ3) is 2.84. The highest BCUT2D eigenvalue weighted by molar-refractivity contribution is 9.13. The van der Waals surface area contributed by atoms with E-state index < -0.39 is 0 Å². The molecule has 1 aromatic heterocycles. The molecule has 0 atom stereocenters. The highest BCUT2D eigenvalue weighted by Gasteiger charge is 2.06. The Hall–Kier alpha value is -0.940. The first-order valence-corrected chi connectivity index (χ1v) is 6.77. The summed E-state index contributed by atoms with van der Waals surface area (Å²) in [5.41, 5.74) is 7.67. The molecule has 2 rings (SSSR count). The molecule has 0 spiro atoms. The molecule has 0 fully saturated rings. The van der Waals surface area contributed by atoms with Crippen LogP contribution in [0, 0.1) is 0 Å². The van der Waals surface area contributed by atoms with Crippen LogP contribution in [0.25, 0.3) is 11.4 Å². The fraction of sp³-hybridized carbons (Fsp3) is 0.167. The van der Waals surface area contributed by atoms with Crippen molar-refractivity contribution in [3.63, 3.8) is 0 Å². The van der Waals surface area contributed by atoms with E-state index in [9.17, 15) is 0 Å². The Balaban J connectivity index is 2.52. The van der Waals surface area contributed by atoms with Gasteiger partial charge in [-0.25, -0.2) is 9.97 Å². The van der Waals surface area contributed by atoms with E-state index in [1.165, 1.54) is 0 Å². The predicted octanol–water partition coefficient (Wildman–Crippen LogP) is 3.81. The molecule has 2 aromatic rings. The number of anilines is 1. The Morgan fingerprint density at radius 1 is 1.12 bits per heavy atom. The molecule has 1 aromatic carbocycles. The van der Waals surface area contributed by atoms with E-state index in [1.807, 2.05) is 25.1 Å².